The van der Waals surface area contributed by atoms with E-state index in [9.17, 15) is 23.1 Å². The number of aliphatic carboxylic acids is 1. The highest BCUT2D eigenvalue weighted by molar-refractivity contribution is 7.89. The van der Waals surface area contributed by atoms with Crippen LogP contribution < -0.4 is 15.4 Å². The normalized spacial score (nSPS) is 14.4. The highest BCUT2D eigenvalue weighted by Crippen LogP contribution is 2.24. The third-order valence-electron chi connectivity index (χ3n) is 5.31. The zero-order valence-corrected chi connectivity index (χ0v) is 19.2. The van der Waals surface area contributed by atoms with Crippen LogP contribution in [0.3, 0.4) is 0 Å². The van der Waals surface area contributed by atoms with Crippen molar-refractivity contribution in [3.05, 3.63) is 66.6 Å². The van der Waals surface area contributed by atoms with E-state index < -0.39 is 22.0 Å². The molecule has 0 radical (unpaired) electrons. The molecule has 1 saturated carbocycles. The molecule has 2 amide bonds. The summed E-state index contributed by atoms with van der Waals surface area (Å²) in [6.07, 6.45) is 4.60. The Morgan fingerprint density at radius 1 is 1.15 bits per heavy atom. The van der Waals surface area contributed by atoms with E-state index in [2.05, 4.69) is 20.3 Å². The number of amides is 2. The fraction of sp³-hybridized carbons (Fsp3) is 0.261. The second-order valence-electron chi connectivity index (χ2n) is 8.24. The highest BCUT2D eigenvalue weighted by Gasteiger charge is 2.27. The highest BCUT2D eigenvalue weighted by atomic mass is 32.2. The van der Waals surface area contributed by atoms with Crippen molar-refractivity contribution in [3.63, 3.8) is 0 Å². The van der Waals surface area contributed by atoms with Crippen LogP contribution in [-0.4, -0.2) is 47.2 Å². The average molecular weight is 484 g/mol. The summed E-state index contributed by atoms with van der Waals surface area (Å²) in [6.45, 7) is 0. The van der Waals surface area contributed by atoms with Gasteiger partial charge in [0.15, 0.2) is 5.03 Å². The fourth-order valence-electron chi connectivity index (χ4n) is 3.38. The number of carboxylic acid groups (broad SMARTS) is 1. The molecule has 0 spiro atoms. The first-order valence-corrected chi connectivity index (χ1v) is 12.2. The number of aryl methyl sites for hydroxylation is 1. The lowest BCUT2D eigenvalue weighted by atomic mass is 10.0. The summed E-state index contributed by atoms with van der Waals surface area (Å²) in [5.41, 5.74) is 3.06. The van der Waals surface area contributed by atoms with Gasteiger partial charge in [-0.3, -0.25) is 4.79 Å². The summed E-state index contributed by atoms with van der Waals surface area (Å²) in [4.78, 5) is 27.5. The van der Waals surface area contributed by atoms with Gasteiger partial charge >= 0.3 is 12.0 Å². The van der Waals surface area contributed by atoms with E-state index in [1.54, 1.807) is 25.2 Å². The molecule has 1 atom stereocenters. The topological polar surface area (TPSA) is 142 Å². The van der Waals surface area contributed by atoms with Crippen LogP contribution >= 0.6 is 0 Å². The predicted molar refractivity (Wildman–Crippen MR) is 126 cm³/mol. The second-order valence-corrected chi connectivity index (χ2v) is 9.90. The Labute approximate surface area is 197 Å². The largest absolute Gasteiger partial charge is 0.480 e. The zero-order valence-electron chi connectivity index (χ0n) is 18.4. The summed E-state index contributed by atoms with van der Waals surface area (Å²) < 4.78 is 28.6. The molecule has 4 N–H and O–H groups in total. The van der Waals surface area contributed by atoms with Crippen molar-refractivity contribution in [2.45, 2.75) is 36.4 Å². The molecule has 4 rings (SSSR count). The van der Waals surface area contributed by atoms with Gasteiger partial charge in [-0.15, -0.1) is 0 Å². The molecule has 1 fully saturated rings. The van der Waals surface area contributed by atoms with E-state index in [-0.39, 0.29) is 23.5 Å². The number of hydrogen-bond donors (Lipinski definition) is 4. The Balaban J connectivity index is 1.43. The van der Waals surface area contributed by atoms with Crippen LogP contribution in [0.15, 0.2) is 66.1 Å². The molecular weight excluding hydrogens is 458 g/mol. The van der Waals surface area contributed by atoms with Gasteiger partial charge in [-0.2, -0.15) is 4.72 Å². The number of imidazole rings is 1. The monoisotopic (exact) mass is 483 g/mol. The molecule has 0 bridgehead atoms. The number of carbonyl (C=O) groups excluding carboxylic acids is 1. The summed E-state index contributed by atoms with van der Waals surface area (Å²) in [6, 6.07) is 13.2. The Morgan fingerprint density at radius 3 is 2.50 bits per heavy atom. The van der Waals surface area contributed by atoms with E-state index in [0.717, 1.165) is 24.0 Å². The van der Waals surface area contributed by atoms with E-state index in [0.29, 0.717) is 11.3 Å². The summed E-state index contributed by atoms with van der Waals surface area (Å²) in [7, 11) is -2.45. The molecule has 178 valence electrons. The van der Waals surface area contributed by atoms with Gasteiger partial charge in [0, 0.05) is 25.0 Å². The minimum absolute atomic E-state index is 0.0371. The molecule has 0 unspecified atom stereocenters. The van der Waals surface area contributed by atoms with Crippen molar-refractivity contribution < 1.29 is 23.1 Å². The number of rotatable bonds is 9. The molecule has 2 aromatic carbocycles. The molecule has 11 heteroatoms. The number of hydrogen-bond acceptors (Lipinski definition) is 5. The Morgan fingerprint density at radius 2 is 1.88 bits per heavy atom. The minimum atomic E-state index is -4.08. The summed E-state index contributed by atoms with van der Waals surface area (Å²) >= 11 is 0. The van der Waals surface area contributed by atoms with Gasteiger partial charge in [-0.05, 0) is 48.1 Å². The fourth-order valence-corrected chi connectivity index (χ4v) is 4.55. The quantitative estimate of drug-likeness (QED) is 0.368. The molecule has 10 nitrogen and oxygen atoms in total. The number of carbonyl (C=O) groups is 2. The second kappa shape index (κ2) is 9.65. The lowest BCUT2D eigenvalue weighted by Gasteiger charge is -2.14. The number of anilines is 1. The molecule has 1 aliphatic carbocycles. The van der Waals surface area contributed by atoms with Crippen LogP contribution in [-0.2, 0) is 28.3 Å². The van der Waals surface area contributed by atoms with Gasteiger partial charge in [0.25, 0.3) is 10.0 Å². The number of aromatic nitrogens is 2. The average Bonchev–Trinajstić information content (AvgIpc) is 3.49. The van der Waals surface area contributed by atoms with Gasteiger partial charge in [0.05, 0.1) is 6.33 Å². The Hall–Kier alpha value is -3.70. The smallest absolute Gasteiger partial charge is 0.322 e. The van der Waals surface area contributed by atoms with Gasteiger partial charge in [-0.25, -0.2) is 18.2 Å². The van der Waals surface area contributed by atoms with E-state index in [1.165, 1.54) is 17.1 Å². The van der Waals surface area contributed by atoms with Crippen molar-refractivity contribution in [2.75, 3.05) is 5.32 Å². The lowest BCUT2D eigenvalue weighted by molar-refractivity contribution is -0.138. The van der Waals surface area contributed by atoms with Crippen molar-refractivity contribution in [1.29, 1.82) is 0 Å². The molecule has 1 heterocycles. The van der Waals surface area contributed by atoms with Gasteiger partial charge < -0.3 is 20.3 Å². The number of nitrogens with one attached hydrogen (secondary N) is 3. The first-order chi connectivity index (χ1) is 16.2. The SMILES string of the molecule is Cn1cnc(S(=O)(=O)N[C@@H](Cc2ccc(-c3cccc(NC(=O)NC4CC4)c3)cc2)C(=O)O)c1. The Bertz CT molecular complexity index is 1300. The van der Waals surface area contributed by atoms with Crippen LogP contribution in [0.5, 0.6) is 0 Å². The molecule has 0 saturated heterocycles. The van der Waals surface area contributed by atoms with Crippen molar-refractivity contribution in [1.82, 2.24) is 19.6 Å². The van der Waals surface area contributed by atoms with Crippen LogP contribution in [0.4, 0.5) is 10.5 Å². The summed E-state index contributed by atoms with van der Waals surface area (Å²) in [5, 5.41) is 15.0. The van der Waals surface area contributed by atoms with E-state index in [1.807, 2.05) is 30.3 Å². The van der Waals surface area contributed by atoms with Gasteiger partial charge in [-0.1, -0.05) is 36.4 Å². The maximum Gasteiger partial charge on any atom is 0.322 e. The van der Waals surface area contributed by atoms with Gasteiger partial charge in [0.1, 0.15) is 6.04 Å². The van der Waals surface area contributed by atoms with Crippen molar-refractivity contribution in [2.24, 2.45) is 7.05 Å². The van der Waals surface area contributed by atoms with Crippen LogP contribution in [0.2, 0.25) is 0 Å². The van der Waals surface area contributed by atoms with E-state index >= 15 is 0 Å². The lowest BCUT2D eigenvalue weighted by Crippen LogP contribution is -2.42. The third kappa shape index (κ3) is 6.00. The molecule has 1 aromatic heterocycles. The third-order valence-corrected chi connectivity index (χ3v) is 6.67. The molecule has 3 aromatic rings. The van der Waals surface area contributed by atoms with Crippen molar-refractivity contribution in [3.8, 4) is 11.1 Å². The first kappa shape index (κ1) is 23.5. The number of urea groups is 1. The van der Waals surface area contributed by atoms with Crippen LogP contribution in [0.25, 0.3) is 11.1 Å². The Kier molecular flexibility index (Phi) is 6.66. The number of nitrogens with zero attached hydrogens (tertiary/aromatic N) is 2. The molecular formula is C23H25N5O5S. The van der Waals surface area contributed by atoms with Crippen molar-refractivity contribution >= 4 is 27.7 Å². The molecule has 34 heavy (non-hydrogen) atoms. The number of sulfonamides is 1. The van der Waals surface area contributed by atoms with Gasteiger partial charge in [0.2, 0.25) is 0 Å². The summed E-state index contributed by atoms with van der Waals surface area (Å²) in [5.74, 6) is -1.29. The minimum Gasteiger partial charge on any atom is -0.480 e. The molecule has 0 aliphatic heterocycles. The maximum absolute atomic E-state index is 12.5. The standard InChI is InChI=1S/C23H25N5O5S/c1-28-13-21(24-14-28)34(32,33)27-20(22(29)30)11-15-5-7-16(8-6-15)17-3-2-4-19(12-17)26-23(31)25-18-9-10-18/h2-8,12-14,18,20,27H,9-11H2,1H3,(H,29,30)(H2,25,26,31)/t20-/m0/s1. The van der Waals surface area contributed by atoms with Crippen LogP contribution in [0.1, 0.15) is 18.4 Å². The molecule has 1 aliphatic rings. The predicted octanol–water partition coefficient (Wildman–Crippen LogP) is 2.35. The number of benzene rings is 2. The number of carboxylic acids is 1. The van der Waals surface area contributed by atoms with E-state index in [4.69, 9.17) is 0 Å². The van der Waals surface area contributed by atoms with Crippen LogP contribution in [0, 0.1) is 0 Å². The zero-order chi connectivity index (χ0) is 24.3. The maximum atomic E-state index is 12.5. The first-order valence-electron chi connectivity index (χ1n) is 10.7.